The molecule has 0 fully saturated rings. The molecule has 3 heteroatoms. The second-order valence-corrected chi connectivity index (χ2v) is 4.61. The Morgan fingerprint density at radius 2 is 1.89 bits per heavy atom. The maximum absolute atomic E-state index is 11.8. The second-order valence-electron chi connectivity index (χ2n) is 4.61. The van der Waals surface area contributed by atoms with Gasteiger partial charge in [0.1, 0.15) is 0 Å². The van der Waals surface area contributed by atoms with E-state index in [0.29, 0.717) is 6.54 Å². The lowest BCUT2D eigenvalue weighted by Gasteiger charge is -2.09. The van der Waals surface area contributed by atoms with Crippen LogP contribution in [-0.2, 0) is 6.54 Å². The molecule has 0 atom stereocenters. The number of aryl methyl sites for hydroxylation is 1. The minimum Gasteiger partial charge on any atom is -0.311 e. The highest BCUT2D eigenvalue weighted by atomic mass is 16.1. The van der Waals surface area contributed by atoms with Gasteiger partial charge < -0.3 is 4.57 Å². The Hall–Kier alpha value is -2.42. The summed E-state index contributed by atoms with van der Waals surface area (Å²) in [5, 5.41) is 1.10. The largest absolute Gasteiger partial charge is 0.311 e. The fraction of sp³-hybridized carbons (Fsp3) is 0.125. The molecule has 2 aromatic heterocycles. The van der Waals surface area contributed by atoms with Crippen LogP contribution in [0.1, 0.15) is 11.3 Å². The van der Waals surface area contributed by atoms with Gasteiger partial charge in [0.15, 0.2) is 0 Å². The molecule has 0 N–H and O–H groups in total. The minimum atomic E-state index is 0.0149. The van der Waals surface area contributed by atoms with E-state index in [-0.39, 0.29) is 5.56 Å². The van der Waals surface area contributed by atoms with Crippen molar-refractivity contribution in [1.29, 1.82) is 0 Å². The second kappa shape index (κ2) is 4.69. The lowest BCUT2D eigenvalue weighted by molar-refractivity contribution is 0.762. The Balaban J connectivity index is 2.15. The molecule has 3 rings (SSSR count). The van der Waals surface area contributed by atoms with Gasteiger partial charge in [-0.2, -0.15) is 0 Å². The number of para-hydroxylation sites is 1. The zero-order valence-electron chi connectivity index (χ0n) is 10.7. The van der Waals surface area contributed by atoms with Gasteiger partial charge in [0.25, 0.3) is 5.56 Å². The van der Waals surface area contributed by atoms with Gasteiger partial charge in [-0.1, -0.05) is 24.3 Å². The number of benzene rings is 1. The number of rotatable bonds is 2. The van der Waals surface area contributed by atoms with Crippen LogP contribution in [0.2, 0.25) is 0 Å². The Kier molecular flexibility index (Phi) is 2.88. The van der Waals surface area contributed by atoms with E-state index in [1.54, 1.807) is 16.7 Å². The van der Waals surface area contributed by atoms with Crippen molar-refractivity contribution in [2.45, 2.75) is 13.5 Å². The maximum Gasteiger partial charge on any atom is 0.250 e. The van der Waals surface area contributed by atoms with Crippen LogP contribution in [-0.4, -0.2) is 9.55 Å². The predicted molar refractivity (Wildman–Crippen MR) is 76.3 cm³/mol. The number of aromatic nitrogens is 2. The topological polar surface area (TPSA) is 34.9 Å². The molecule has 19 heavy (non-hydrogen) atoms. The van der Waals surface area contributed by atoms with Gasteiger partial charge in [-0.3, -0.25) is 9.78 Å². The van der Waals surface area contributed by atoms with Crippen molar-refractivity contribution in [3.63, 3.8) is 0 Å². The normalized spacial score (nSPS) is 10.8. The average Bonchev–Trinajstić information content (AvgIpc) is 2.41. The average molecular weight is 250 g/mol. The van der Waals surface area contributed by atoms with Crippen molar-refractivity contribution >= 4 is 10.9 Å². The number of hydrogen-bond donors (Lipinski definition) is 0. The SMILES string of the molecule is Cc1cc(Cn2ccccc2=O)c2ccccc2n1. The summed E-state index contributed by atoms with van der Waals surface area (Å²) in [7, 11) is 0. The molecule has 0 amide bonds. The van der Waals surface area contributed by atoms with Crippen molar-refractivity contribution < 1.29 is 0 Å². The summed E-state index contributed by atoms with van der Waals surface area (Å²) in [5.41, 5.74) is 3.08. The molecule has 0 aliphatic carbocycles. The fourth-order valence-electron chi connectivity index (χ4n) is 2.30. The standard InChI is InChI=1S/C16H14N2O/c1-12-10-13(11-18-9-5-4-8-16(18)19)14-6-2-3-7-15(14)17-12/h2-10H,11H2,1H3. The lowest BCUT2D eigenvalue weighted by Crippen LogP contribution is -2.18. The monoisotopic (exact) mass is 250 g/mol. The summed E-state index contributed by atoms with van der Waals surface area (Å²) >= 11 is 0. The number of fused-ring (bicyclic) bond motifs is 1. The third-order valence-electron chi connectivity index (χ3n) is 3.17. The highest BCUT2D eigenvalue weighted by Gasteiger charge is 2.04. The van der Waals surface area contributed by atoms with E-state index in [0.717, 1.165) is 22.2 Å². The lowest BCUT2D eigenvalue weighted by atomic mass is 10.1. The first-order valence-corrected chi connectivity index (χ1v) is 6.25. The third kappa shape index (κ3) is 2.27. The summed E-state index contributed by atoms with van der Waals surface area (Å²) in [6.45, 7) is 2.55. The highest BCUT2D eigenvalue weighted by Crippen LogP contribution is 2.18. The molecule has 0 saturated carbocycles. The van der Waals surface area contributed by atoms with Crippen molar-refractivity contribution in [2.24, 2.45) is 0 Å². The molecule has 94 valence electrons. The first-order chi connectivity index (χ1) is 9.24. The number of nitrogens with zero attached hydrogens (tertiary/aromatic N) is 2. The van der Waals surface area contributed by atoms with E-state index in [2.05, 4.69) is 4.98 Å². The van der Waals surface area contributed by atoms with Crippen LogP contribution in [0.4, 0.5) is 0 Å². The molecule has 0 aliphatic heterocycles. The number of hydrogen-bond acceptors (Lipinski definition) is 2. The predicted octanol–water partition coefficient (Wildman–Crippen LogP) is 2.75. The molecule has 0 aliphatic rings. The molecule has 3 nitrogen and oxygen atoms in total. The van der Waals surface area contributed by atoms with Gasteiger partial charge in [0.2, 0.25) is 0 Å². The molecular formula is C16H14N2O. The summed E-state index contributed by atoms with van der Waals surface area (Å²) in [6, 6.07) is 15.3. The smallest absolute Gasteiger partial charge is 0.250 e. The molecule has 0 saturated heterocycles. The molecule has 1 aromatic carbocycles. The van der Waals surface area contributed by atoms with E-state index in [1.165, 1.54) is 0 Å². The van der Waals surface area contributed by atoms with Crippen LogP contribution < -0.4 is 5.56 Å². The summed E-state index contributed by atoms with van der Waals surface area (Å²) in [4.78, 5) is 16.3. The zero-order chi connectivity index (χ0) is 13.2. The maximum atomic E-state index is 11.8. The van der Waals surface area contributed by atoms with Crippen LogP contribution in [0.25, 0.3) is 10.9 Å². The van der Waals surface area contributed by atoms with E-state index in [4.69, 9.17) is 0 Å². The molecule has 2 heterocycles. The van der Waals surface area contributed by atoms with Crippen LogP contribution in [0.3, 0.4) is 0 Å². The molecule has 0 spiro atoms. The van der Waals surface area contributed by atoms with Gasteiger partial charge in [-0.05, 0) is 30.7 Å². The quantitative estimate of drug-likeness (QED) is 0.701. The fourth-order valence-corrected chi connectivity index (χ4v) is 2.30. The Bertz CT molecular complexity index is 790. The van der Waals surface area contributed by atoms with Crippen LogP contribution in [0.15, 0.2) is 59.5 Å². The van der Waals surface area contributed by atoms with E-state index < -0.39 is 0 Å². The molecular weight excluding hydrogens is 236 g/mol. The van der Waals surface area contributed by atoms with Gasteiger partial charge in [0, 0.05) is 23.3 Å². The Labute approximate surface area is 111 Å². The van der Waals surface area contributed by atoms with E-state index in [9.17, 15) is 4.79 Å². The first-order valence-electron chi connectivity index (χ1n) is 6.25. The summed E-state index contributed by atoms with van der Waals surface area (Å²) in [6.07, 6.45) is 1.81. The van der Waals surface area contributed by atoms with Crippen molar-refractivity contribution in [3.05, 3.63) is 76.3 Å². The third-order valence-corrected chi connectivity index (χ3v) is 3.17. The molecule has 0 radical (unpaired) electrons. The first kappa shape index (κ1) is 11.7. The Morgan fingerprint density at radius 3 is 2.74 bits per heavy atom. The van der Waals surface area contributed by atoms with Gasteiger partial charge >= 0.3 is 0 Å². The molecule has 0 bridgehead atoms. The van der Waals surface area contributed by atoms with Crippen LogP contribution >= 0.6 is 0 Å². The molecule has 3 aromatic rings. The van der Waals surface area contributed by atoms with E-state index in [1.807, 2.05) is 49.5 Å². The van der Waals surface area contributed by atoms with Crippen molar-refractivity contribution in [3.8, 4) is 0 Å². The van der Waals surface area contributed by atoms with E-state index >= 15 is 0 Å². The highest BCUT2D eigenvalue weighted by molar-refractivity contribution is 5.82. The van der Waals surface area contributed by atoms with Crippen molar-refractivity contribution in [2.75, 3.05) is 0 Å². The van der Waals surface area contributed by atoms with Crippen molar-refractivity contribution in [1.82, 2.24) is 9.55 Å². The summed E-state index contributed by atoms with van der Waals surface area (Å²) < 4.78 is 1.71. The Morgan fingerprint density at radius 1 is 1.11 bits per heavy atom. The van der Waals surface area contributed by atoms with Gasteiger partial charge in [0.05, 0.1) is 12.1 Å². The van der Waals surface area contributed by atoms with Crippen LogP contribution in [0, 0.1) is 6.92 Å². The zero-order valence-corrected chi connectivity index (χ0v) is 10.7. The number of pyridine rings is 2. The summed E-state index contributed by atoms with van der Waals surface area (Å²) in [5.74, 6) is 0. The van der Waals surface area contributed by atoms with Gasteiger partial charge in [-0.25, -0.2) is 0 Å². The van der Waals surface area contributed by atoms with Crippen LogP contribution in [0.5, 0.6) is 0 Å². The minimum absolute atomic E-state index is 0.0149. The molecule has 0 unspecified atom stereocenters. The van der Waals surface area contributed by atoms with Gasteiger partial charge in [-0.15, -0.1) is 0 Å².